The van der Waals surface area contributed by atoms with Crippen LogP contribution in [0.4, 0.5) is 0 Å². The highest BCUT2D eigenvalue weighted by atomic mass is 79.9. The Labute approximate surface area is 108 Å². The van der Waals surface area contributed by atoms with Crippen molar-refractivity contribution in [1.82, 2.24) is 5.32 Å². The van der Waals surface area contributed by atoms with Gasteiger partial charge in [-0.1, -0.05) is 13.8 Å². The minimum absolute atomic E-state index is 0.0583. The maximum absolute atomic E-state index is 11.9. The summed E-state index contributed by atoms with van der Waals surface area (Å²) in [5.41, 5.74) is 0.347. The van der Waals surface area contributed by atoms with Crippen LogP contribution in [0.15, 0.2) is 21.4 Å². The Morgan fingerprint density at radius 2 is 2.12 bits per heavy atom. The summed E-state index contributed by atoms with van der Waals surface area (Å²) in [6, 6.07) is 0.850. The number of carbonyl (C=O) groups excluding carboxylic acids is 2. The fourth-order valence-electron chi connectivity index (χ4n) is 1.30. The zero-order chi connectivity index (χ0) is 13.0. The molecule has 1 rings (SSSR count). The summed E-state index contributed by atoms with van der Waals surface area (Å²) in [4.78, 5) is 23.3. The van der Waals surface area contributed by atoms with Crippen LogP contribution in [-0.4, -0.2) is 25.0 Å². The number of nitrogens with one attached hydrogen (secondary N) is 1. The van der Waals surface area contributed by atoms with Crippen LogP contribution >= 0.6 is 15.9 Å². The van der Waals surface area contributed by atoms with Crippen molar-refractivity contribution < 1.29 is 18.7 Å². The molecule has 0 unspecified atom stereocenters. The van der Waals surface area contributed by atoms with Gasteiger partial charge in [0.2, 0.25) is 0 Å². The van der Waals surface area contributed by atoms with Crippen molar-refractivity contribution in [2.24, 2.45) is 5.92 Å². The van der Waals surface area contributed by atoms with Gasteiger partial charge in [0, 0.05) is 0 Å². The minimum Gasteiger partial charge on any atom is -0.467 e. The summed E-state index contributed by atoms with van der Waals surface area (Å²) in [6.07, 6.45) is 1.39. The van der Waals surface area contributed by atoms with E-state index in [1.807, 2.05) is 13.8 Å². The van der Waals surface area contributed by atoms with Gasteiger partial charge in [0.25, 0.3) is 5.91 Å². The number of furan rings is 1. The first-order valence-corrected chi connectivity index (χ1v) is 5.88. The van der Waals surface area contributed by atoms with Gasteiger partial charge >= 0.3 is 5.97 Å². The van der Waals surface area contributed by atoms with Gasteiger partial charge in [-0.2, -0.15) is 0 Å². The molecule has 0 spiro atoms. The normalized spacial score (nSPS) is 12.3. The topological polar surface area (TPSA) is 68.5 Å². The summed E-state index contributed by atoms with van der Waals surface area (Å²) in [6.45, 7) is 3.65. The molecule has 0 fully saturated rings. The van der Waals surface area contributed by atoms with Gasteiger partial charge in [-0.25, -0.2) is 4.79 Å². The highest BCUT2D eigenvalue weighted by Gasteiger charge is 2.26. The van der Waals surface area contributed by atoms with Gasteiger partial charge in [0.15, 0.2) is 4.67 Å². The van der Waals surface area contributed by atoms with E-state index in [0.29, 0.717) is 10.2 Å². The molecule has 94 valence electrons. The molecule has 5 nitrogen and oxygen atoms in total. The highest BCUT2D eigenvalue weighted by molar-refractivity contribution is 9.10. The number of ether oxygens (including phenoxy) is 1. The van der Waals surface area contributed by atoms with E-state index in [9.17, 15) is 9.59 Å². The first-order chi connectivity index (χ1) is 7.97. The van der Waals surface area contributed by atoms with Crippen LogP contribution < -0.4 is 5.32 Å². The van der Waals surface area contributed by atoms with Crippen LogP contribution in [0.1, 0.15) is 24.2 Å². The molecule has 1 amide bonds. The molecule has 0 aliphatic rings. The van der Waals surface area contributed by atoms with Crippen LogP contribution in [0.3, 0.4) is 0 Å². The van der Waals surface area contributed by atoms with E-state index in [-0.39, 0.29) is 11.8 Å². The summed E-state index contributed by atoms with van der Waals surface area (Å²) in [5.74, 6) is -0.903. The van der Waals surface area contributed by atoms with Gasteiger partial charge in [0.1, 0.15) is 6.04 Å². The first kappa shape index (κ1) is 13.8. The molecule has 6 heteroatoms. The highest BCUT2D eigenvalue weighted by Crippen LogP contribution is 2.17. The largest absolute Gasteiger partial charge is 0.467 e. The molecular weight excluding hydrogens is 290 g/mol. The Bertz CT molecular complexity index is 413. The molecule has 0 aromatic carbocycles. The van der Waals surface area contributed by atoms with Crippen molar-refractivity contribution in [3.05, 3.63) is 22.6 Å². The van der Waals surface area contributed by atoms with Gasteiger partial charge < -0.3 is 14.5 Å². The molecule has 1 aromatic heterocycles. The van der Waals surface area contributed by atoms with Crippen molar-refractivity contribution in [2.75, 3.05) is 7.11 Å². The first-order valence-electron chi connectivity index (χ1n) is 5.09. The summed E-state index contributed by atoms with van der Waals surface area (Å²) in [7, 11) is 1.29. The molecule has 0 bridgehead atoms. The van der Waals surface area contributed by atoms with Gasteiger partial charge in [0.05, 0.1) is 18.9 Å². The molecule has 0 saturated carbocycles. The Balaban J connectivity index is 2.78. The number of amides is 1. The number of hydrogen-bond acceptors (Lipinski definition) is 4. The third-order valence-corrected chi connectivity index (χ3v) is 2.89. The number of methoxy groups -OCH3 is 1. The van der Waals surface area contributed by atoms with Crippen molar-refractivity contribution in [1.29, 1.82) is 0 Å². The fraction of sp³-hybridized carbons (Fsp3) is 0.455. The molecule has 0 radical (unpaired) electrons. The summed E-state index contributed by atoms with van der Waals surface area (Å²) >= 11 is 3.10. The SMILES string of the molecule is COC(=O)[C@@H](NC(=O)c1ccoc1Br)C(C)C. The molecule has 0 aliphatic carbocycles. The zero-order valence-electron chi connectivity index (χ0n) is 9.82. The van der Waals surface area contributed by atoms with Gasteiger partial charge in [-0.05, 0) is 27.9 Å². The fourth-order valence-corrected chi connectivity index (χ4v) is 1.72. The van der Waals surface area contributed by atoms with Crippen LogP contribution in [0, 0.1) is 5.92 Å². The molecule has 17 heavy (non-hydrogen) atoms. The standard InChI is InChI=1S/C11H14BrNO4/c1-6(2)8(11(15)16-3)13-10(14)7-4-5-17-9(7)12/h4-6,8H,1-3H3,(H,13,14)/t8-/m0/s1. The Hall–Kier alpha value is -1.30. The number of halogens is 1. The molecule has 1 aromatic rings. The molecule has 0 aliphatic heterocycles. The second-order valence-corrected chi connectivity index (χ2v) is 4.55. The van der Waals surface area contributed by atoms with E-state index in [0.717, 1.165) is 0 Å². The lowest BCUT2D eigenvalue weighted by Crippen LogP contribution is -2.45. The molecule has 0 saturated heterocycles. The third-order valence-electron chi connectivity index (χ3n) is 2.27. The lowest BCUT2D eigenvalue weighted by atomic mass is 10.0. The monoisotopic (exact) mass is 303 g/mol. The second kappa shape index (κ2) is 5.86. The maximum Gasteiger partial charge on any atom is 0.328 e. The lowest BCUT2D eigenvalue weighted by molar-refractivity contribution is -0.144. The van der Waals surface area contributed by atoms with Crippen LogP contribution in [0.25, 0.3) is 0 Å². The Morgan fingerprint density at radius 1 is 1.47 bits per heavy atom. The summed E-state index contributed by atoms with van der Waals surface area (Å²) in [5, 5.41) is 2.61. The van der Waals surface area contributed by atoms with Crippen molar-refractivity contribution in [3.8, 4) is 0 Å². The van der Waals surface area contributed by atoms with Gasteiger partial charge in [-0.15, -0.1) is 0 Å². The van der Waals surface area contributed by atoms with E-state index in [1.165, 1.54) is 19.4 Å². The number of esters is 1. The van der Waals surface area contributed by atoms with E-state index in [2.05, 4.69) is 26.0 Å². The molecular formula is C11H14BrNO4. The molecule has 1 heterocycles. The molecule has 1 atom stereocenters. The quantitative estimate of drug-likeness (QED) is 0.864. The smallest absolute Gasteiger partial charge is 0.328 e. The van der Waals surface area contributed by atoms with Crippen LogP contribution in [0.5, 0.6) is 0 Å². The third kappa shape index (κ3) is 3.33. The number of carbonyl (C=O) groups is 2. The minimum atomic E-state index is -0.672. The van der Waals surface area contributed by atoms with E-state index >= 15 is 0 Å². The van der Waals surface area contributed by atoms with E-state index in [4.69, 9.17) is 4.42 Å². The summed E-state index contributed by atoms with van der Waals surface area (Å²) < 4.78 is 9.92. The van der Waals surface area contributed by atoms with Crippen LogP contribution in [-0.2, 0) is 9.53 Å². The maximum atomic E-state index is 11.9. The zero-order valence-corrected chi connectivity index (χ0v) is 11.4. The second-order valence-electron chi connectivity index (χ2n) is 3.83. The van der Waals surface area contributed by atoms with E-state index < -0.39 is 12.0 Å². The average Bonchev–Trinajstić information content (AvgIpc) is 2.70. The van der Waals surface area contributed by atoms with E-state index in [1.54, 1.807) is 0 Å². The van der Waals surface area contributed by atoms with Crippen LogP contribution in [0.2, 0.25) is 0 Å². The number of hydrogen-bond donors (Lipinski definition) is 1. The lowest BCUT2D eigenvalue weighted by Gasteiger charge is -2.19. The number of rotatable bonds is 4. The predicted molar refractivity (Wildman–Crippen MR) is 64.5 cm³/mol. The van der Waals surface area contributed by atoms with Crippen molar-refractivity contribution in [2.45, 2.75) is 19.9 Å². The van der Waals surface area contributed by atoms with Gasteiger partial charge in [-0.3, -0.25) is 4.79 Å². The van der Waals surface area contributed by atoms with Crippen molar-refractivity contribution >= 4 is 27.8 Å². The Morgan fingerprint density at radius 3 is 2.53 bits per heavy atom. The predicted octanol–water partition coefficient (Wildman–Crippen LogP) is 1.97. The average molecular weight is 304 g/mol. The molecule has 1 N–H and O–H groups in total. The van der Waals surface area contributed by atoms with Crippen molar-refractivity contribution in [3.63, 3.8) is 0 Å². The Kier molecular flexibility index (Phi) is 4.74.